The largest absolute Gasteiger partial charge is 0.494 e. The number of ether oxygens (including phenoxy) is 1. The Morgan fingerprint density at radius 2 is 2.11 bits per heavy atom. The number of amides is 1. The van der Waals surface area contributed by atoms with E-state index in [1.807, 2.05) is 4.90 Å². The highest BCUT2D eigenvalue weighted by molar-refractivity contribution is 5.79. The number of carbonyl (C=O) groups is 1. The second-order valence-electron chi connectivity index (χ2n) is 7.10. The van der Waals surface area contributed by atoms with Crippen LogP contribution >= 0.6 is 0 Å². The number of likely N-dealkylation sites (tertiary alicyclic amines) is 1. The summed E-state index contributed by atoms with van der Waals surface area (Å²) in [6.07, 6.45) is 1.97. The number of halogens is 1. The highest BCUT2D eigenvalue weighted by Gasteiger charge is 2.28. The molecule has 1 fully saturated rings. The van der Waals surface area contributed by atoms with E-state index in [-0.39, 0.29) is 18.1 Å². The van der Waals surface area contributed by atoms with Gasteiger partial charge in [0.15, 0.2) is 11.6 Å². The maximum Gasteiger partial charge on any atom is 0.226 e. The van der Waals surface area contributed by atoms with E-state index >= 15 is 0 Å². The standard InChI is InChI=1S/C19H24FN5O2/c1-27-16-3-2-13(10-15(16)20)11-18(26)24-7-4-14(5-8-24)19-23-22-17-12-21-6-9-25(17)19/h2-3,10,14,21H,4-9,11-12H2,1H3. The van der Waals surface area contributed by atoms with Gasteiger partial charge in [0, 0.05) is 32.1 Å². The van der Waals surface area contributed by atoms with Gasteiger partial charge in [0.25, 0.3) is 0 Å². The SMILES string of the molecule is COc1ccc(CC(=O)N2CCC(c3nnc4n3CCNC4)CC2)cc1F. The Morgan fingerprint density at radius 1 is 1.30 bits per heavy atom. The molecule has 0 unspecified atom stereocenters. The van der Waals surface area contributed by atoms with Crippen LogP contribution in [0, 0.1) is 5.82 Å². The Kier molecular flexibility index (Phi) is 5.07. The second-order valence-corrected chi connectivity index (χ2v) is 7.10. The number of methoxy groups -OCH3 is 1. The van der Waals surface area contributed by atoms with E-state index in [1.165, 1.54) is 13.2 Å². The van der Waals surface area contributed by atoms with Crippen LogP contribution in [0.1, 0.15) is 36.0 Å². The van der Waals surface area contributed by atoms with Gasteiger partial charge in [0.2, 0.25) is 5.91 Å². The maximum absolute atomic E-state index is 13.8. The first kappa shape index (κ1) is 17.9. The lowest BCUT2D eigenvalue weighted by Crippen LogP contribution is -2.39. The summed E-state index contributed by atoms with van der Waals surface area (Å²) in [5.74, 6) is 2.18. The molecule has 2 aliphatic rings. The van der Waals surface area contributed by atoms with Crippen LogP contribution in [0.5, 0.6) is 5.75 Å². The van der Waals surface area contributed by atoms with Crippen molar-refractivity contribution in [1.29, 1.82) is 0 Å². The van der Waals surface area contributed by atoms with Crippen molar-refractivity contribution in [2.75, 3.05) is 26.7 Å². The van der Waals surface area contributed by atoms with Crippen molar-refractivity contribution in [3.05, 3.63) is 41.2 Å². The van der Waals surface area contributed by atoms with Crippen LogP contribution in [-0.2, 0) is 24.3 Å². The monoisotopic (exact) mass is 373 g/mol. The number of hydrogen-bond donors (Lipinski definition) is 1. The van der Waals surface area contributed by atoms with Crippen LogP contribution in [-0.4, -0.2) is 52.3 Å². The number of piperidine rings is 1. The van der Waals surface area contributed by atoms with Gasteiger partial charge in [-0.25, -0.2) is 4.39 Å². The molecule has 3 heterocycles. The molecule has 1 aromatic heterocycles. The molecule has 0 bridgehead atoms. The quantitative estimate of drug-likeness (QED) is 0.879. The van der Waals surface area contributed by atoms with Gasteiger partial charge >= 0.3 is 0 Å². The summed E-state index contributed by atoms with van der Waals surface area (Å²) in [5, 5.41) is 12.0. The van der Waals surface area contributed by atoms with Crippen molar-refractivity contribution >= 4 is 5.91 Å². The van der Waals surface area contributed by atoms with Crippen molar-refractivity contribution in [2.24, 2.45) is 0 Å². The molecule has 2 aliphatic heterocycles. The van der Waals surface area contributed by atoms with Gasteiger partial charge in [-0.2, -0.15) is 0 Å². The van der Waals surface area contributed by atoms with Crippen molar-refractivity contribution in [3.63, 3.8) is 0 Å². The van der Waals surface area contributed by atoms with Crippen LogP contribution < -0.4 is 10.1 Å². The Balaban J connectivity index is 1.35. The fourth-order valence-electron chi connectivity index (χ4n) is 3.91. The van der Waals surface area contributed by atoms with Crippen LogP contribution in [0.25, 0.3) is 0 Å². The summed E-state index contributed by atoms with van der Waals surface area (Å²) in [6, 6.07) is 4.68. The maximum atomic E-state index is 13.8. The highest BCUT2D eigenvalue weighted by atomic mass is 19.1. The average Bonchev–Trinajstić information content (AvgIpc) is 3.12. The minimum absolute atomic E-state index is 0.0329. The Morgan fingerprint density at radius 3 is 2.85 bits per heavy atom. The van der Waals surface area contributed by atoms with Crippen LogP contribution in [0.4, 0.5) is 4.39 Å². The van der Waals surface area contributed by atoms with E-state index in [0.717, 1.165) is 44.1 Å². The molecule has 1 amide bonds. The molecule has 0 atom stereocenters. The van der Waals surface area contributed by atoms with Gasteiger partial charge in [-0.1, -0.05) is 6.07 Å². The molecule has 1 aromatic carbocycles. The summed E-state index contributed by atoms with van der Waals surface area (Å²) < 4.78 is 21.0. The number of carbonyl (C=O) groups excluding carboxylic acids is 1. The van der Waals surface area contributed by atoms with Crippen molar-refractivity contribution in [3.8, 4) is 5.75 Å². The number of fused-ring (bicyclic) bond motifs is 1. The average molecular weight is 373 g/mol. The van der Waals surface area contributed by atoms with Gasteiger partial charge in [0.1, 0.15) is 11.6 Å². The van der Waals surface area contributed by atoms with Gasteiger partial charge in [-0.05, 0) is 30.5 Å². The molecular formula is C19H24FN5O2. The van der Waals surface area contributed by atoms with Crippen LogP contribution in [0.15, 0.2) is 18.2 Å². The third kappa shape index (κ3) is 3.66. The van der Waals surface area contributed by atoms with E-state index < -0.39 is 5.82 Å². The van der Waals surface area contributed by atoms with Crippen LogP contribution in [0.3, 0.4) is 0 Å². The third-order valence-electron chi connectivity index (χ3n) is 5.44. The first-order valence-electron chi connectivity index (χ1n) is 9.38. The summed E-state index contributed by atoms with van der Waals surface area (Å²) >= 11 is 0. The number of rotatable bonds is 4. The molecule has 27 heavy (non-hydrogen) atoms. The molecule has 0 spiro atoms. The summed E-state index contributed by atoms with van der Waals surface area (Å²) in [4.78, 5) is 14.5. The molecule has 2 aromatic rings. The predicted octanol–water partition coefficient (Wildman–Crippen LogP) is 1.48. The molecular weight excluding hydrogens is 349 g/mol. The fourth-order valence-corrected chi connectivity index (χ4v) is 3.91. The minimum atomic E-state index is -0.437. The van der Waals surface area contributed by atoms with E-state index in [2.05, 4.69) is 20.1 Å². The molecule has 0 saturated carbocycles. The van der Waals surface area contributed by atoms with E-state index in [4.69, 9.17) is 4.74 Å². The van der Waals surface area contributed by atoms with Gasteiger partial charge in [-0.3, -0.25) is 4.79 Å². The number of nitrogens with zero attached hydrogens (tertiary/aromatic N) is 4. The Labute approximate surface area is 157 Å². The van der Waals surface area contributed by atoms with Gasteiger partial charge in [0.05, 0.1) is 20.1 Å². The van der Waals surface area contributed by atoms with Crippen LogP contribution in [0.2, 0.25) is 0 Å². The molecule has 0 radical (unpaired) electrons. The summed E-state index contributed by atoms with van der Waals surface area (Å²) in [5.41, 5.74) is 0.666. The summed E-state index contributed by atoms with van der Waals surface area (Å²) in [6.45, 7) is 4.00. The summed E-state index contributed by atoms with van der Waals surface area (Å²) in [7, 11) is 1.43. The van der Waals surface area contributed by atoms with Gasteiger partial charge in [-0.15, -0.1) is 10.2 Å². The predicted molar refractivity (Wildman–Crippen MR) is 96.9 cm³/mol. The zero-order valence-corrected chi connectivity index (χ0v) is 15.4. The molecule has 7 nitrogen and oxygen atoms in total. The lowest BCUT2D eigenvalue weighted by atomic mass is 9.95. The molecule has 4 rings (SSSR count). The molecule has 1 N–H and O–H groups in total. The number of aromatic nitrogens is 3. The third-order valence-corrected chi connectivity index (χ3v) is 5.44. The lowest BCUT2D eigenvalue weighted by molar-refractivity contribution is -0.131. The van der Waals surface area contributed by atoms with Crippen molar-refractivity contribution in [2.45, 2.75) is 38.3 Å². The molecule has 1 saturated heterocycles. The number of benzene rings is 1. The Bertz CT molecular complexity index is 830. The minimum Gasteiger partial charge on any atom is -0.494 e. The van der Waals surface area contributed by atoms with Gasteiger partial charge < -0.3 is 19.5 Å². The van der Waals surface area contributed by atoms with E-state index in [1.54, 1.807) is 12.1 Å². The highest BCUT2D eigenvalue weighted by Crippen LogP contribution is 2.28. The second kappa shape index (κ2) is 7.64. The normalized spacial score (nSPS) is 17.6. The van der Waals surface area contributed by atoms with Crippen molar-refractivity contribution < 1.29 is 13.9 Å². The van der Waals surface area contributed by atoms with Crippen molar-refractivity contribution in [1.82, 2.24) is 25.0 Å². The zero-order valence-electron chi connectivity index (χ0n) is 15.4. The molecule has 0 aliphatic carbocycles. The Hall–Kier alpha value is -2.48. The number of hydrogen-bond acceptors (Lipinski definition) is 5. The lowest BCUT2D eigenvalue weighted by Gasteiger charge is -2.32. The van der Waals surface area contributed by atoms with E-state index in [0.29, 0.717) is 24.6 Å². The fraction of sp³-hybridized carbons (Fsp3) is 0.526. The first-order chi connectivity index (χ1) is 13.2. The van der Waals surface area contributed by atoms with E-state index in [9.17, 15) is 9.18 Å². The number of nitrogens with one attached hydrogen (secondary N) is 1. The smallest absolute Gasteiger partial charge is 0.226 e. The molecule has 8 heteroatoms. The molecule has 144 valence electrons. The zero-order chi connectivity index (χ0) is 18.8. The topological polar surface area (TPSA) is 72.3 Å². The first-order valence-corrected chi connectivity index (χ1v) is 9.38.